The van der Waals surface area contributed by atoms with Crippen molar-refractivity contribution in [3.63, 3.8) is 0 Å². The molecule has 3 heterocycles. The van der Waals surface area contributed by atoms with E-state index in [4.69, 9.17) is 4.74 Å². The van der Waals surface area contributed by atoms with Crippen molar-refractivity contribution in [1.29, 1.82) is 0 Å². The number of carbonyl (C=O) groups is 2. The molecule has 4 aromatic rings. The standard InChI is InChI=1S/C27H25F2N5O3/c1-27(28,29)26(36)32-21-13-24(35)34(25(21)18-6-4-3-5-7-18)20-9-10-22-19(12-20)15-31-33(22)16-17-8-11-23(37-2)30-14-17/h3-12,14-15,21,25H,13,16H2,1-2H3,(H,32,36)/t21-,25+/m0/s1. The molecule has 2 aromatic carbocycles. The van der Waals surface area contributed by atoms with Crippen LogP contribution in [0.25, 0.3) is 10.9 Å². The Labute approximate surface area is 211 Å². The molecule has 8 nitrogen and oxygen atoms in total. The highest BCUT2D eigenvalue weighted by atomic mass is 19.3. The Bertz CT molecular complexity index is 1430. The van der Waals surface area contributed by atoms with E-state index in [-0.39, 0.29) is 12.3 Å². The quantitative estimate of drug-likeness (QED) is 0.409. The summed E-state index contributed by atoms with van der Waals surface area (Å²) in [7, 11) is 1.56. The molecule has 2 aromatic heterocycles. The minimum atomic E-state index is -3.55. The van der Waals surface area contributed by atoms with Crippen LogP contribution in [0, 0.1) is 0 Å². The van der Waals surface area contributed by atoms with Crippen LogP contribution in [-0.4, -0.2) is 45.7 Å². The van der Waals surface area contributed by atoms with Crippen molar-refractivity contribution in [2.24, 2.45) is 0 Å². The molecule has 0 aliphatic carbocycles. The third-order valence-electron chi connectivity index (χ3n) is 6.42. The van der Waals surface area contributed by atoms with Crippen LogP contribution in [0.4, 0.5) is 14.5 Å². The van der Waals surface area contributed by atoms with Crippen LogP contribution in [-0.2, 0) is 16.1 Å². The lowest BCUT2D eigenvalue weighted by atomic mass is 9.99. The van der Waals surface area contributed by atoms with Gasteiger partial charge in [0.15, 0.2) is 0 Å². The Morgan fingerprint density at radius 3 is 2.59 bits per heavy atom. The highest BCUT2D eigenvalue weighted by Crippen LogP contribution is 2.38. The highest BCUT2D eigenvalue weighted by molar-refractivity contribution is 6.00. The van der Waals surface area contributed by atoms with E-state index in [9.17, 15) is 18.4 Å². The molecule has 0 saturated carbocycles. The van der Waals surface area contributed by atoms with Crippen LogP contribution in [0.15, 0.2) is 73.1 Å². The molecule has 0 unspecified atom stereocenters. The Morgan fingerprint density at radius 1 is 1.14 bits per heavy atom. The van der Waals surface area contributed by atoms with Crippen LogP contribution in [0.1, 0.15) is 30.5 Å². The van der Waals surface area contributed by atoms with Gasteiger partial charge in [-0.1, -0.05) is 36.4 Å². The number of fused-ring (bicyclic) bond motifs is 1. The number of aromatic nitrogens is 3. The van der Waals surface area contributed by atoms with E-state index in [0.717, 1.165) is 22.0 Å². The molecule has 1 fully saturated rings. The molecule has 190 valence electrons. The van der Waals surface area contributed by atoms with E-state index < -0.39 is 23.9 Å². The molecule has 0 spiro atoms. The van der Waals surface area contributed by atoms with Crippen LogP contribution >= 0.6 is 0 Å². The topological polar surface area (TPSA) is 89.4 Å². The number of alkyl halides is 2. The molecule has 37 heavy (non-hydrogen) atoms. The number of hydrogen-bond donors (Lipinski definition) is 1. The number of ether oxygens (including phenoxy) is 1. The molecule has 2 atom stereocenters. The fraction of sp³-hybridized carbons (Fsp3) is 0.259. The summed E-state index contributed by atoms with van der Waals surface area (Å²) < 4.78 is 34.2. The molecule has 0 radical (unpaired) electrons. The number of carbonyl (C=O) groups excluding carboxylic acids is 2. The molecule has 1 N–H and O–H groups in total. The fourth-order valence-electron chi connectivity index (χ4n) is 4.64. The largest absolute Gasteiger partial charge is 0.481 e. The fourth-order valence-corrected chi connectivity index (χ4v) is 4.64. The van der Waals surface area contributed by atoms with Crippen molar-refractivity contribution in [1.82, 2.24) is 20.1 Å². The van der Waals surface area contributed by atoms with Gasteiger partial charge in [0.25, 0.3) is 5.91 Å². The SMILES string of the molecule is COc1ccc(Cn2ncc3cc(N4C(=O)C[C@H](NC(=O)C(C)(F)F)[C@H]4c4ccccc4)ccc32)cn1. The number of rotatable bonds is 7. The monoisotopic (exact) mass is 505 g/mol. The van der Waals surface area contributed by atoms with Gasteiger partial charge in [-0.05, 0) is 29.3 Å². The van der Waals surface area contributed by atoms with Gasteiger partial charge >= 0.3 is 5.92 Å². The summed E-state index contributed by atoms with van der Waals surface area (Å²) in [5, 5.41) is 7.70. The summed E-state index contributed by atoms with van der Waals surface area (Å²) in [5.41, 5.74) is 3.14. The first-order valence-corrected chi connectivity index (χ1v) is 11.7. The van der Waals surface area contributed by atoms with Gasteiger partial charge in [0.2, 0.25) is 11.8 Å². The summed E-state index contributed by atoms with van der Waals surface area (Å²) in [5.74, 6) is -4.70. The van der Waals surface area contributed by atoms with E-state index in [1.165, 1.54) is 0 Å². The lowest BCUT2D eigenvalue weighted by Crippen LogP contribution is -2.46. The molecular weight excluding hydrogens is 480 g/mol. The van der Waals surface area contributed by atoms with Gasteiger partial charge in [0.05, 0.1) is 37.5 Å². The van der Waals surface area contributed by atoms with Gasteiger partial charge in [-0.25, -0.2) is 4.98 Å². The van der Waals surface area contributed by atoms with E-state index in [2.05, 4.69) is 15.4 Å². The third-order valence-corrected chi connectivity index (χ3v) is 6.42. The van der Waals surface area contributed by atoms with Crippen molar-refractivity contribution in [2.45, 2.75) is 37.9 Å². The number of amides is 2. The second kappa shape index (κ2) is 9.61. The van der Waals surface area contributed by atoms with Crippen molar-refractivity contribution >= 4 is 28.4 Å². The average Bonchev–Trinajstić information content (AvgIpc) is 3.44. The Balaban J connectivity index is 1.46. The van der Waals surface area contributed by atoms with Crippen LogP contribution in [0.2, 0.25) is 0 Å². The maximum Gasteiger partial charge on any atom is 0.321 e. The van der Waals surface area contributed by atoms with Gasteiger partial charge in [0, 0.05) is 36.7 Å². The summed E-state index contributed by atoms with van der Waals surface area (Å²) in [6.07, 6.45) is 3.34. The first-order chi connectivity index (χ1) is 17.7. The molecule has 0 bridgehead atoms. The third kappa shape index (κ3) is 4.87. The minimum Gasteiger partial charge on any atom is -0.481 e. The van der Waals surface area contributed by atoms with Gasteiger partial charge in [0.1, 0.15) is 0 Å². The molecule has 1 aliphatic heterocycles. The summed E-state index contributed by atoms with van der Waals surface area (Å²) in [4.78, 5) is 31.1. The zero-order valence-electron chi connectivity index (χ0n) is 20.3. The minimum absolute atomic E-state index is 0.0941. The van der Waals surface area contributed by atoms with E-state index >= 15 is 0 Å². The lowest BCUT2D eigenvalue weighted by Gasteiger charge is -2.29. The normalized spacial score (nSPS) is 17.8. The van der Waals surface area contributed by atoms with Gasteiger partial charge < -0.3 is 15.0 Å². The second-order valence-electron chi connectivity index (χ2n) is 9.05. The predicted molar refractivity (Wildman–Crippen MR) is 133 cm³/mol. The van der Waals surface area contributed by atoms with E-state index in [1.54, 1.807) is 36.5 Å². The van der Waals surface area contributed by atoms with E-state index in [0.29, 0.717) is 25.0 Å². The Kier molecular flexibility index (Phi) is 6.32. The predicted octanol–water partition coefficient (Wildman–Crippen LogP) is 4.11. The molecule has 5 rings (SSSR count). The maximum absolute atomic E-state index is 13.7. The molecule has 10 heteroatoms. The molecule has 2 amide bonds. The molecule has 1 saturated heterocycles. The average molecular weight is 506 g/mol. The maximum atomic E-state index is 13.7. The number of nitrogens with one attached hydrogen (secondary N) is 1. The van der Waals surface area contributed by atoms with E-state index in [1.807, 2.05) is 53.2 Å². The second-order valence-corrected chi connectivity index (χ2v) is 9.05. The number of halogens is 2. The number of pyridine rings is 1. The zero-order chi connectivity index (χ0) is 26.2. The van der Waals surface area contributed by atoms with Gasteiger partial charge in [-0.2, -0.15) is 13.9 Å². The number of anilines is 1. The smallest absolute Gasteiger partial charge is 0.321 e. The zero-order valence-corrected chi connectivity index (χ0v) is 20.3. The highest BCUT2D eigenvalue weighted by Gasteiger charge is 2.45. The number of methoxy groups -OCH3 is 1. The van der Waals surface area contributed by atoms with Crippen LogP contribution in [0.3, 0.4) is 0 Å². The molecule has 1 aliphatic rings. The lowest BCUT2D eigenvalue weighted by molar-refractivity contribution is -0.143. The summed E-state index contributed by atoms with van der Waals surface area (Å²) in [6.45, 7) is 1.04. The van der Waals surface area contributed by atoms with Crippen molar-refractivity contribution in [3.05, 3.63) is 84.2 Å². The Hall–Kier alpha value is -4.34. The van der Waals surface area contributed by atoms with Crippen molar-refractivity contribution in [2.75, 3.05) is 12.0 Å². The van der Waals surface area contributed by atoms with Crippen molar-refractivity contribution in [3.8, 4) is 5.88 Å². The number of benzene rings is 2. The molecular formula is C27H25F2N5O3. The first kappa shape index (κ1) is 24.4. The van der Waals surface area contributed by atoms with Gasteiger partial charge in [-0.15, -0.1) is 0 Å². The van der Waals surface area contributed by atoms with Crippen LogP contribution in [0.5, 0.6) is 5.88 Å². The van der Waals surface area contributed by atoms with Crippen molar-refractivity contribution < 1.29 is 23.1 Å². The first-order valence-electron chi connectivity index (χ1n) is 11.7. The number of hydrogen-bond acceptors (Lipinski definition) is 5. The number of nitrogens with zero attached hydrogens (tertiary/aromatic N) is 4. The van der Waals surface area contributed by atoms with Crippen LogP contribution < -0.4 is 15.0 Å². The summed E-state index contributed by atoms with van der Waals surface area (Å²) >= 11 is 0. The summed E-state index contributed by atoms with van der Waals surface area (Å²) in [6, 6.07) is 16.9. The Morgan fingerprint density at radius 2 is 1.92 bits per heavy atom. The van der Waals surface area contributed by atoms with Gasteiger partial charge in [-0.3, -0.25) is 14.3 Å².